The molecule has 1 amide bonds. The second-order valence-corrected chi connectivity index (χ2v) is 9.03. The Morgan fingerprint density at radius 3 is 2.58 bits per heavy atom. The van der Waals surface area contributed by atoms with Gasteiger partial charge in [-0.05, 0) is 51.3 Å². The van der Waals surface area contributed by atoms with Gasteiger partial charge in [-0.25, -0.2) is 4.79 Å². The van der Waals surface area contributed by atoms with Crippen molar-refractivity contribution < 1.29 is 4.79 Å². The second kappa shape index (κ2) is 11.5. The van der Waals surface area contributed by atoms with Gasteiger partial charge in [0, 0.05) is 30.9 Å². The van der Waals surface area contributed by atoms with Gasteiger partial charge in [-0.15, -0.1) is 0 Å². The summed E-state index contributed by atoms with van der Waals surface area (Å²) in [6.07, 6.45) is 4.05. The van der Waals surface area contributed by atoms with Crippen molar-refractivity contribution in [2.75, 3.05) is 25.4 Å². The maximum absolute atomic E-state index is 12.8. The summed E-state index contributed by atoms with van der Waals surface area (Å²) in [5.41, 5.74) is 4.39. The third-order valence-electron chi connectivity index (χ3n) is 5.94. The average molecular weight is 443 g/mol. The second-order valence-electron chi connectivity index (χ2n) is 8.06. The molecule has 1 aliphatic rings. The van der Waals surface area contributed by atoms with Gasteiger partial charge in [0.2, 0.25) is 5.91 Å². The third kappa shape index (κ3) is 6.43. The lowest BCUT2D eigenvalue weighted by atomic mass is 9.97. The summed E-state index contributed by atoms with van der Waals surface area (Å²) in [5, 5.41) is 3.70. The average Bonchev–Trinajstić information content (AvgIpc) is 2.79. The summed E-state index contributed by atoms with van der Waals surface area (Å²) in [4.78, 5) is 31.9. The van der Waals surface area contributed by atoms with Gasteiger partial charge in [0.05, 0.1) is 5.75 Å². The number of carbonyl (C=O) groups excluding carboxylic acids is 1. The predicted octanol–water partition coefficient (Wildman–Crippen LogP) is 3.18. The van der Waals surface area contributed by atoms with E-state index in [-0.39, 0.29) is 17.3 Å². The van der Waals surface area contributed by atoms with Crippen LogP contribution in [0.1, 0.15) is 49.1 Å². The number of thioether (sulfide) groups is 1. The molecule has 0 saturated heterocycles. The van der Waals surface area contributed by atoms with Gasteiger partial charge >= 0.3 is 5.69 Å². The Kier molecular flexibility index (Phi) is 8.72. The van der Waals surface area contributed by atoms with Crippen LogP contribution >= 0.6 is 11.8 Å². The first-order valence-electron chi connectivity index (χ1n) is 11.3. The Hall–Kier alpha value is -2.12. The van der Waals surface area contributed by atoms with Gasteiger partial charge in [-0.2, -0.15) is 4.98 Å². The maximum Gasteiger partial charge on any atom is 0.348 e. The Bertz CT molecular complexity index is 936. The molecule has 1 aromatic heterocycles. The van der Waals surface area contributed by atoms with E-state index in [2.05, 4.69) is 29.0 Å². The van der Waals surface area contributed by atoms with Crippen LogP contribution in [0.15, 0.2) is 34.1 Å². The summed E-state index contributed by atoms with van der Waals surface area (Å²) >= 11 is 1.39. The van der Waals surface area contributed by atoms with Crippen LogP contribution < -0.4 is 11.0 Å². The minimum Gasteiger partial charge on any atom is -0.351 e. The maximum atomic E-state index is 12.8. The number of carbonyl (C=O) groups is 1. The van der Waals surface area contributed by atoms with Crippen LogP contribution in [0.25, 0.3) is 0 Å². The minimum absolute atomic E-state index is 0.0392. The van der Waals surface area contributed by atoms with Crippen LogP contribution in [0.4, 0.5) is 0 Å². The molecule has 0 unspecified atom stereocenters. The molecule has 0 radical (unpaired) electrons. The topological polar surface area (TPSA) is 67.2 Å². The normalized spacial score (nSPS) is 13.3. The Balaban J connectivity index is 1.65. The van der Waals surface area contributed by atoms with Gasteiger partial charge < -0.3 is 10.2 Å². The molecule has 31 heavy (non-hydrogen) atoms. The fourth-order valence-electron chi connectivity index (χ4n) is 3.97. The molecule has 6 nitrogen and oxygen atoms in total. The van der Waals surface area contributed by atoms with E-state index < -0.39 is 0 Å². The fourth-order valence-corrected chi connectivity index (χ4v) is 4.88. The number of likely N-dealkylation sites (N-methyl/N-ethyl adjacent to an activating group) is 1. The molecule has 1 N–H and O–H groups in total. The quantitative estimate of drug-likeness (QED) is 0.452. The van der Waals surface area contributed by atoms with Crippen molar-refractivity contribution >= 4 is 17.7 Å². The molecule has 1 aliphatic carbocycles. The molecule has 1 heterocycles. The summed E-state index contributed by atoms with van der Waals surface area (Å²) in [6, 6.07) is 8.14. The zero-order chi connectivity index (χ0) is 22.2. The van der Waals surface area contributed by atoms with Crippen LogP contribution in [0.3, 0.4) is 0 Å². The van der Waals surface area contributed by atoms with E-state index in [9.17, 15) is 9.59 Å². The lowest BCUT2D eigenvalue weighted by Crippen LogP contribution is -2.35. The number of amides is 1. The first kappa shape index (κ1) is 23.5. The molecular weight excluding hydrogens is 408 g/mol. The van der Waals surface area contributed by atoms with E-state index in [0.29, 0.717) is 13.1 Å². The standard InChI is InChI=1S/C24H34N4O2S/c1-4-27(5-2)14-15-28-21-9-7-6-8-20(21)23(26-24(28)30)31-17-22(29)25-16-19-12-10-18(3)11-13-19/h10-13H,4-9,14-17H2,1-3H3,(H,25,29). The lowest BCUT2D eigenvalue weighted by molar-refractivity contribution is -0.118. The van der Waals surface area contributed by atoms with Crippen molar-refractivity contribution in [2.45, 2.75) is 64.6 Å². The molecule has 0 spiro atoms. The van der Waals surface area contributed by atoms with E-state index >= 15 is 0 Å². The monoisotopic (exact) mass is 442 g/mol. The van der Waals surface area contributed by atoms with Crippen molar-refractivity contribution in [3.8, 4) is 0 Å². The molecule has 0 saturated carbocycles. The first-order chi connectivity index (χ1) is 15.0. The minimum atomic E-state index is -0.185. The molecule has 0 bridgehead atoms. The number of benzene rings is 1. The molecule has 168 valence electrons. The zero-order valence-corrected chi connectivity index (χ0v) is 19.8. The van der Waals surface area contributed by atoms with Crippen molar-refractivity contribution in [2.24, 2.45) is 0 Å². The lowest BCUT2D eigenvalue weighted by Gasteiger charge is -2.24. The number of nitrogens with zero attached hydrogens (tertiary/aromatic N) is 3. The van der Waals surface area contributed by atoms with Crippen molar-refractivity contribution in [1.82, 2.24) is 19.8 Å². The van der Waals surface area contributed by atoms with Crippen LogP contribution in [0.2, 0.25) is 0 Å². The van der Waals surface area contributed by atoms with Crippen LogP contribution in [-0.2, 0) is 30.7 Å². The molecule has 3 rings (SSSR count). The summed E-state index contributed by atoms with van der Waals surface area (Å²) in [7, 11) is 0. The SMILES string of the molecule is CCN(CC)CCn1c2c(c(SCC(=O)NCc3ccc(C)cc3)nc1=O)CCCC2. The van der Waals surface area contributed by atoms with Crippen molar-refractivity contribution in [1.29, 1.82) is 0 Å². The number of fused-ring (bicyclic) bond motifs is 1. The Labute approximate surface area is 189 Å². The Morgan fingerprint density at radius 2 is 1.87 bits per heavy atom. The van der Waals surface area contributed by atoms with Crippen LogP contribution in [0.5, 0.6) is 0 Å². The van der Waals surface area contributed by atoms with E-state index in [0.717, 1.165) is 61.6 Å². The summed E-state index contributed by atoms with van der Waals surface area (Å²) in [5.74, 6) is 0.233. The summed E-state index contributed by atoms with van der Waals surface area (Å²) in [6.45, 7) is 10.3. The van der Waals surface area contributed by atoms with Crippen molar-refractivity contribution in [3.05, 3.63) is 57.1 Å². The smallest absolute Gasteiger partial charge is 0.348 e. The van der Waals surface area contributed by atoms with Crippen LogP contribution in [-0.4, -0.2) is 45.7 Å². The van der Waals surface area contributed by atoms with E-state index in [1.54, 1.807) is 0 Å². The van der Waals surface area contributed by atoms with Gasteiger partial charge in [-0.1, -0.05) is 55.4 Å². The number of aryl methyl sites for hydroxylation is 1. The van der Waals surface area contributed by atoms with E-state index in [1.165, 1.54) is 22.9 Å². The molecule has 0 atom stereocenters. The third-order valence-corrected chi connectivity index (χ3v) is 6.95. The van der Waals surface area contributed by atoms with Gasteiger partial charge in [0.15, 0.2) is 0 Å². The number of rotatable bonds is 10. The molecule has 0 aliphatic heterocycles. The van der Waals surface area contributed by atoms with Gasteiger partial charge in [-0.3, -0.25) is 9.36 Å². The summed E-state index contributed by atoms with van der Waals surface area (Å²) < 4.78 is 1.87. The van der Waals surface area contributed by atoms with E-state index in [1.807, 2.05) is 35.8 Å². The Morgan fingerprint density at radius 1 is 1.16 bits per heavy atom. The highest BCUT2D eigenvalue weighted by atomic mass is 32.2. The molecule has 1 aromatic carbocycles. The highest BCUT2D eigenvalue weighted by Gasteiger charge is 2.21. The number of hydrogen-bond acceptors (Lipinski definition) is 5. The predicted molar refractivity (Wildman–Crippen MR) is 127 cm³/mol. The number of aromatic nitrogens is 2. The van der Waals surface area contributed by atoms with Gasteiger partial charge in [0.25, 0.3) is 0 Å². The van der Waals surface area contributed by atoms with Crippen LogP contribution in [0, 0.1) is 6.92 Å². The molecular formula is C24H34N4O2S. The van der Waals surface area contributed by atoms with Crippen molar-refractivity contribution in [3.63, 3.8) is 0 Å². The number of hydrogen-bond donors (Lipinski definition) is 1. The van der Waals surface area contributed by atoms with Gasteiger partial charge in [0.1, 0.15) is 5.03 Å². The highest BCUT2D eigenvalue weighted by Crippen LogP contribution is 2.28. The highest BCUT2D eigenvalue weighted by molar-refractivity contribution is 7.99. The fraction of sp³-hybridized carbons (Fsp3) is 0.542. The molecule has 7 heteroatoms. The zero-order valence-electron chi connectivity index (χ0n) is 18.9. The number of nitrogens with one attached hydrogen (secondary N) is 1. The molecule has 0 fully saturated rings. The largest absolute Gasteiger partial charge is 0.351 e. The first-order valence-corrected chi connectivity index (χ1v) is 12.3. The molecule has 2 aromatic rings. The van der Waals surface area contributed by atoms with E-state index in [4.69, 9.17) is 0 Å².